The lowest BCUT2D eigenvalue weighted by Gasteiger charge is -2.36. The monoisotopic (exact) mass is 345 g/mol. The van der Waals surface area contributed by atoms with Crippen LogP contribution >= 0.6 is 0 Å². The lowest BCUT2D eigenvalue weighted by atomic mass is 10.0. The van der Waals surface area contributed by atoms with Crippen molar-refractivity contribution in [1.29, 1.82) is 0 Å². The molecule has 2 aliphatic rings. The zero-order valence-corrected chi connectivity index (χ0v) is 14.9. The van der Waals surface area contributed by atoms with Crippen molar-refractivity contribution in [2.24, 2.45) is 0 Å². The molecule has 0 radical (unpaired) electrons. The molecular weight excluding hydrogens is 318 g/mol. The van der Waals surface area contributed by atoms with Gasteiger partial charge in [0, 0.05) is 24.8 Å². The van der Waals surface area contributed by atoms with E-state index in [1.807, 2.05) is 28.0 Å². The molecule has 0 spiro atoms. The van der Waals surface area contributed by atoms with Gasteiger partial charge in [-0.2, -0.15) is 0 Å². The molecular formula is C19H27N3O3. The van der Waals surface area contributed by atoms with Crippen LogP contribution in [0.4, 0.5) is 5.69 Å². The predicted octanol–water partition coefficient (Wildman–Crippen LogP) is 2.11. The Bertz CT molecular complexity index is 614. The summed E-state index contributed by atoms with van der Waals surface area (Å²) in [7, 11) is 1.60. The fourth-order valence-corrected chi connectivity index (χ4v) is 3.69. The molecule has 1 atom stereocenters. The van der Waals surface area contributed by atoms with Crippen molar-refractivity contribution in [3.05, 3.63) is 24.3 Å². The molecule has 2 amide bonds. The Labute approximate surface area is 149 Å². The predicted molar refractivity (Wildman–Crippen MR) is 96.6 cm³/mol. The molecule has 0 saturated carbocycles. The van der Waals surface area contributed by atoms with Crippen LogP contribution in [-0.2, 0) is 9.59 Å². The normalized spacial score (nSPS) is 21.2. The van der Waals surface area contributed by atoms with E-state index >= 15 is 0 Å². The highest BCUT2D eigenvalue weighted by atomic mass is 16.5. The van der Waals surface area contributed by atoms with Gasteiger partial charge >= 0.3 is 0 Å². The number of carbonyl (C=O) groups is 2. The van der Waals surface area contributed by atoms with Crippen molar-refractivity contribution >= 4 is 17.5 Å². The third-order valence-electron chi connectivity index (χ3n) is 5.02. The summed E-state index contributed by atoms with van der Waals surface area (Å²) in [5, 5.41) is 2.91. The number of anilines is 1. The molecule has 136 valence electrons. The van der Waals surface area contributed by atoms with Gasteiger partial charge < -0.3 is 15.0 Å². The number of amides is 2. The Morgan fingerprint density at radius 1 is 1.16 bits per heavy atom. The molecule has 2 saturated heterocycles. The molecule has 1 aromatic carbocycles. The maximum Gasteiger partial charge on any atom is 0.239 e. The van der Waals surface area contributed by atoms with Gasteiger partial charge in [0.2, 0.25) is 11.8 Å². The Kier molecular flexibility index (Phi) is 5.91. The quantitative estimate of drug-likeness (QED) is 0.888. The number of likely N-dealkylation sites (tertiary alicyclic amines) is 2. The van der Waals surface area contributed by atoms with Gasteiger partial charge in [0.1, 0.15) is 5.75 Å². The van der Waals surface area contributed by atoms with E-state index in [1.54, 1.807) is 13.2 Å². The van der Waals surface area contributed by atoms with Crippen LogP contribution in [0.5, 0.6) is 5.75 Å². The smallest absolute Gasteiger partial charge is 0.239 e. The lowest BCUT2D eigenvalue weighted by Crippen LogP contribution is -2.52. The summed E-state index contributed by atoms with van der Waals surface area (Å²) in [6.45, 7) is 2.77. The van der Waals surface area contributed by atoms with Crippen molar-refractivity contribution in [2.75, 3.05) is 38.6 Å². The number of nitrogens with one attached hydrogen (secondary N) is 1. The van der Waals surface area contributed by atoms with Gasteiger partial charge in [0.25, 0.3) is 0 Å². The fourth-order valence-electron chi connectivity index (χ4n) is 3.69. The van der Waals surface area contributed by atoms with Gasteiger partial charge in [-0.25, -0.2) is 0 Å². The fraction of sp³-hybridized carbons (Fsp3) is 0.579. The van der Waals surface area contributed by atoms with E-state index < -0.39 is 0 Å². The summed E-state index contributed by atoms with van der Waals surface area (Å²) in [5.41, 5.74) is 0.712. The Morgan fingerprint density at radius 2 is 1.92 bits per heavy atom. The average molecular weight is 345 g/mol. The molecule has 1 N–H and O–H groups in total. The van der Waals surface area contributed by atoms with Crippen LogP contribution in [0.3, 0.4) is 0 Å². The molecule has 0 aromatic heterocycles. The maximum atomic E-state index is 12.8. The minimum Gasteiger partial charge on any atom is -0.497 e. The number of methoxy groups -OCH3 is 1. The summed E-state index contributed by atoms with van der Waals surface area (Å²) in [5.74, 6) is 0.818. The zero-order chi connectivity index (χ0) is 17.6. The van der Waals surface area contributed by atoms with E-state index in [0.717, 1.165) is 51.7 Å². The van der Waals surface area contributed by atoms with Crippen LogP contribution in [-0.4, -0.2) is 60.9 Å². The maximum absolute atomic E-state index is 12.8. The number of rotatable bonds is 5. The van der Waals surface area contributed by atoms with Crippen molar-refractivity contribution in [3.63, 3.8) is 0 Å². The second-order valence-corrected chi connectivity index (χ2v) is 6.79. The number of hydrogen-bond acceptors (Lipinski definition) is 4. The SMILES string of the molecule is COc1cccc(NC(=O)CN2CCCCC2C(=O)N2CCCC2)c1. The second-order valence-electron chi connectivity index (χ2n) is 6.79. The first-order valence-electron chi connectivity index (χ1n) is 9.14. The van der Waals surface area contributed by atoms with Crippen LogP contribution in [0.25, 0.3) is 0 Å². The topological polar surface area (TPSA) is 61.9 Å². The van der Waals surface area contributed by atoms with Gasteiger partial charge in [-0.05, 0) is 44.4 Å². The molecule has 1 aromatic rings. The van der Waals surface area contributed by atoms with Gasteiger partial charge in [0.05, 0.1) is 19.7 Å². The minimum absolute atomic E-state index is 0.0885. The van der Waals surface area contributed by atoms with Crippen molar-refractivity contribution < 1.29 is 14.3 Å². The van der Waals surface area contributed by atoms with Gasteiger partial charge in [-0.1, -0.05) is 12.5 Å². The van der Waals surface area contributed by atoms with Gasteiger partial charge in [-0.3, -0.25) is 14.5 Å². The van der Waals surface area contributed by atoms with Crippen LogP contribution in [0.2, 0.25) is 0 Å². The van der Waals surface area contributed by atoms with E-state index in [-0.39, 0.29) is 24.4 Å². The van der Waals surface area contributed by atoms with Crippen molar-refractivity contribution in [1.82, 2.24) is 9.80 Å². The standard InChI is InChI=1S/C19H27N3O3/c1-25-16-8-6-7-15(13-16)20-18(23)14-22-12-3-2-9-17(22)19(24)21-10-4-5-11-21/h6-8,13,17H,2-5,9-12,14H2,1H3,(H,20,23). The summed E-state index contributed by atoms with van der Waals surface area (Å²) < 4.78 is 5.18. The largest absolute Gasteiger partial charge is 0.497 e. The van der Waals surface area contributed by atoms with Gasteiger partial charge in [0.15, 0.2) is 0 Å². The Balaban J connectivity index is 1.60. The second kappa shape index (κ2) is 8.34. The summed E-state index contributed by atoms with van der Waals surface area (Å²) >= 11 is 0. The molecule has 0 bridgehead atoms. The van der Waals surface area contributed by atoms with Gasteiger partial charge in [-0.15, -0.1) is 0 Å². The molecule has 3 rings (SSSR count). The minimum atomic E-state index is -0.150. The Morgan fingerprint density at radius 3 is 2.68 bits per heavy atom. The number of ether oxygens (including phenoxy) is 1. The summed E-state index contributed by atoms with van der Waals surface area (Å²) in [4.78, 5) is 29.2. The van der Waals surface area contributed by atoms with E-state index in [9.17, 15) is 9.59 Å². The van der Waals surface area contributed by atoms with E-state index in [1.165, 1.54) is 0 Å². The van der Waals surface area contributed by atoms with Crippen LogP contribution in [0, 0.1) is 0 Å². The zero-order valence-electron chi connectivity index (χ0n) is 14.9. The first kappa shape index (κ1) is 17.7. The molecule has 6 heteroatoms. The third-order valence-corrected chi connectivity index (χ3v) is 5.02. The number of hydrogen-bond donors (Lipinski definition) is 1. The number of nitrogens with zero attached hydrogens (tertiary/aromatic N) is 2. The molecule has 0 aliphatic carbocycles. The highest BCUT2D eigenvalue weighted by Gasteiger charge is 2.33. The summed E-state index contributed by atoms with van der Waals surface area (Å²) in [6.07, 6.45) is 5.12. The molecule has 25 heavy (non-hydrogen) atoms. The van der Waals surface area contributed by atoms with E-state index in [0.29, 0.717) is 11.4 Å². The van der Waals surface area contributed by atoms with Crippen molar-refractivity contribution in [3.8, 4) is 5.75 Å². The molecule has 2 heterocycles. The van der Waals surface area contributed by atoms with Crippen LogP contribution < -0.4 is 10.1 Å². The van der Waals surface area contributed by atoms with E-state index in [2.05, 4.69) is 5.32 Å². The average Bonchev–Trinajstić information content (AvgIpc) is 3.16. The number of benzene rings is 1. The summed E-state index contributed by atoms with van der Waals surface area (Å²) in [6, 6.07) is 7.16. The van der Waals surface area contributed by atoms with E-state index in [4.69, 9.17) is 4.74 Å². The molecule has 2 fully saturated rings. The highest BCUT2D eigenvalue weighted by molar-refractivity contribution is 5.93. The third kappa shape index (κ3) is 4.51. The molecule has 6 nitrogen and oxygen atoms in total. The molecule has 2 aliphatic heterocycles. The number of carbonyl (C=O) groups excluding carboxylic acids is 2. The van der Waals surface area contributed by atoms with Crippen molar-refractivity contribution in [2.45, 2.75) is 38.1 Å². The van der Waals surface area contributed by atoms with Crippen LogP contribution in [0.15, 0.2) is 24.3 Å². The first-order chi connectivity index (χ1) is 12.2. The molecule has 1 unspecified atom stereocenters. The number of piperidine rings is 1. The lowest BCUT2D eigenvalue weighted by molar-refractivity contribution is -0.137. The highest BCUT2D eigenvalue weighted by Crippen LogP contribution is 2.22. The first-order valence-corrected chi connectivity index (χ1v) is 9.14. The van der Waals surface area contributed by atoms with Crippen LogP contribution in [0.1, 0.15) is 32.1 Å². The Hall–Kier alpha value is -2.08.